The number of halogens is 1. The molecule has 0 aliphatic rings. The van der Waals surface area contributed by atoms with Gasteiger partial charge in [0, 0.05) is 12.5 Å². The van der Waals surface area contributed by atoms with Crippen molar-refractivity contribution in [2.24, 2.45) is 0 Å². The molecule has 1 atom stereocenters. The predicted molar refractivity (Wildman–Crippen MR) is 59.9 cm³/mol. The van der Waals surface area contributed by atoms with E-state index in [0.29, 0.717) is 17.1 Å². The minimum atomic E-state index is -0.583. The summed E-state index contributed by atoms with van der Waals surface area (Å²) in [5.41, 5.74) is 1.28. The van der Waals surface area contributed by atoms with Gasteiger partial charge in [-0.2, -0.15) is 0 Å². The maximum Gasteiger partial charge on any atom is 0.161 e. The minimum absolute atomic E-state index is 0.0253. The number of alkyl halides is 1. The van der Waals surface area contributed by atoms with Gasteiger partial charge in [0.25, 0.3) is 0 Å². The molecule has 0 aliphatic carbocycles. The minimum Gasteiger partial charge on any atom is -0.493 e. The molecule has 16 heavy (non-hydrogen) atoms. The molecule has 1 aromatic carbocycles. The molecular weight excluding hydrogens is 211 g/mol. The topological polar surface area (TPSA) is 38.7 Å². The fourth-order valence-corrected chi connectivity index (χ4v) is 1.61. The molecular formula is C12H17FO3. The predicted octanol–water partition coefficient (Wildman–Crippen LogP) is 2.27. The Morgan fingerprint density at radius 1 is 1.25 bits per heavy atom. The third-order valence-electron chi connectivity index (χ3n) is 2.59. The van der Waals surface area contributed by atoms with Gasteiger partial charge in [-0.15, -0.1) is 0 Å². The highest BCUT2D eigenvalue weighted by atomic mass is 19.1. The highest BCUT2D eigenvalue weighted by Crippen LogP contribution is 2.34. The van der Waals surface area contributed by atoms with E-state index in [0.717, 1.165) is 5.56 Å². The molecule has 0 bridgehead atoms. The van der Waals surface area contributed by atoms with Crippen molar-refractivity contribution in [2.75, 3.05) is 20.8 Å². The van der Waals surface area contributed by atoms with Crippen molar-refractivity contribution in [1.82, 2.24) is 0 Å². The second-order valence-electron chi connectivity index (χ2n) is 3.62. The molecule has 0 radical (unpaired) electrons. The molecule has 4 heteroatoms. The zero-order valence-electron chi connectivity index (χ0n) is 9.79. The molecule has 0 saturated heterocycles. The lowest BCUT2D eigenvalue weighted by atomic mass is 9.96. The van der Waals surface area contributed by atoms with Gasteiger partial charge in [0.15, 0.2) is 11.5 Å². The fraction of sp³-hybridized carbons (Fsp3) is 0.500. The van der Waals surface area contributed by atoms with Gasteiger partial charge in [-0.1, -0.05) is 6.92 Å². The summed E-state index contributed by atoms with van der Waals surface area (Å²) in [7, 11) is 3.04. The van der Waals surface area contributed by atoms with Crippen LogP contribution in [0.15, 0.2) is 12.1 Å². The highest BCUT2D eigenvalue weighted by Gasteiger charge is 2.15. The first-order chi connectivity index (χ1) is 7.67. The molecule has 0 saturated carbocycles. The normalized spacial score (nSPS) is 12.3. The summed E-state index contributed by atoms with van der Waals surface area (Å²) in [6.07, 6.45) is 0. The molecule has 3 nitrogen and oxygen atoms in total. The van der Waals surface area contributed by atoms with Crippen LogP contribution in [0.5, 0.6) is 11.5 Å². The number of rotatable bonds is 5. The largest absolute Gasteiger partial charge is 0.493 e. The molecule has 0 heterocycles. The van der Waals surface area contributed by atoms with E-state index in [1.165, 1.54) is 14.2 Å². The smallest absolute Gasteiger partial charge is 0.161 e. The Balaban J connectivity index is 3.25. The Kier molecular flexibility index (Phi) is 4.55. The Hall–Kier alpha value is -1.29. The molecule has 0 spiro atoms. The zero-order valence-corrected chi connectivity index (χ0v) is 9.79. The highest BCUT2D eigenvalue weighted by molar-refractivity contribution is 5.48. The molecule has 90 valence electrons. The van der Waals surface area contributed by atoms with Crippen molar-refractivity contribution in [3.05, 3.63) is 23.3 Å². The molecule has 0 aliphatic heterocycles. The fourth-order valence-electron chi connectivity index (χ4n) is 1.61. The average Bonchev–Trinajstić information content (AvgIpc) is 2.35. The van der Waals surface area contributed by atoms with Crippen LogP contribution < -0.4 is 9.47 Å². The van der Waals surface area contributed by atoms with E-state index in [-0.39, 0.29) is 12.5 Å². The maximum absolute atomic E-state index is 12.9. The number of ether oxygens (including phenoxy) is 2. The van der Waals surface area contributed by atoms with Gasteiger partial charge in [-0.25, -0.2) is 4.39 Å². The molecule has 0 aromatic heterocycles. The van der Waals surface area contributed by atoms with Crippen molar-refractivity contribution in [1.29, 1.82) is 0 Å². The monoisotopic (exact) mass is 228 g/mol. The van der Waals surface area contributed by atoms with Crippen LogP contribution in [0.4, 0.5) is 4.39 Å². The lowest BCUT2D eigenvalue weighted by Crippen LogP contribution is -2.04. The Bertz CT molecular complexity index is 352. The van der Waals surface area contributed by atoms with Crippen LogP contribution in [0.3, 0.4) is 0 Å². The third kappa shape index (κ3) is 2.44. The van der Waals surface area contributed by atoms with Crippen LogP contribution in [0, 0.1) is 0 Å². The van der Waals surface area contributed by atoms with Crippen LogP contribution in [0.1, 0.15) is 24.0 Å². The number of aliphatic hydroxyl groups is 1. The van der Waals surface area contributed by atoms with Crippen molar-refractivity contribution in [3.8, 4) is 11.5 Å². The summed E-state index contributed by atoms with van der Waals surface area (Å²) in [5, 5.41) is 9.10. The molecule has 1 unspecified atom stereocenters. The Morgan fingerprint density at radius 3 is 2.25 bits per heavy atom. The van der Waals surface area contributed by atoms with Crippen LogP contribution in [-0.4, -0.2) is 25.9 Å². The van der Waals surface area contributed by atoms with Crippen LogP contribution >= 0.6 is 0 Å². The van der Waals surface area contributed by atoms with Gasteiger partial charge < -0.3 is 14.6 Å². The van der Waals surface area contributed by atoms with E-state index in [1.54, 1.807) is 12.1 Å². The van der Waals surface area contributed by atoms with Gasteiger partial charge in [-0.3, -0.25) is 0 Å². The number of hydrogen-bond donors (Lipinski definition) is 1. The van der Waals surface area contributed by atoms with E-state index < -0.39 is 6.67 Å². The Labute approximate surface area is 94.8 Å². The molecule has 0 fully saturated rings. The van der Waals surface area contributed by atoms with Gasteiger partial charge in [0.1, 0.15) is 6.67 Å². The van der Waals surface area contributed by atoms with Gasteiger partial charge in [0.2, 0.25) is 0 Å². The van der Waals surface area contributed by atoms with Gasteiger partial charge in [-0.05, 0) is 23.3 Å². The van der Waals surface area contributed by atoms with Crippen molar-refractivity contribution in [3.63, 3.8) is 0 Å². The van der Waals surface area contributed by atoms with Crippen LogP contribution in [0.2, 0.25) is 0 Å². The summed E-state index contributed by atoms with van der Waals surface area (Å²) in [4.78, 5) is 0. The number of aliphatic hydroxyl groups excluding tert-OH is 1. The number of benzene rings is 1. The van der Waals surface area contributed by atoms with E-state index in [9.17, 15) is 4.39 Å². The zero-order chi connectivity index (χ0) is 12.1. The van der Waals surface area contributed by atoms with E-state index in [2.05, 4.69) is 0 Å². The lowest BCUT2D eigenvalue weighted by Gasteiger charge is -2.16. The molecule has 0 amide bonds. The molecule has 1 N–H and O–H groups in total. The second-order valence-corrected chi connectivity index (χ2v) is 3.62. The third-order valence-corrected chi connectivity index (χ3v) is 2.59. The second kappa shape index (κ2) is 5.70. The Morgan fingerprint density at radius 2 is 1.81 bits per heavy atom. The van der Waals surface area contributed by atoms with Crippen LogP contribution in [0.25, 0.3) is 0 Å². The summed E-state index contributed by atoms with van der Waals surface area (Å²) in [6, 6.07) is 3.33. The SMILES string of the molecule is COc1cc(CF)c(C(C)CO)cc1OC. The summed E-state index contributed by atoms with van der Waals surface area (Å²) in [5.74, 6) is 0.935. The van der Waals surface area contributed by atoms with E-state index >= 15 is 0 Å². The number of methoxy groups -OCH3 is 2. The number of hydrogen-bond acceptors (Lipinski definition) is 3. The first kappa shape index (κ1) is 12.8. The van der Waals surface area contributed by atoms with Gasteiger partial charge >= 0.3 is 0 Å². The first-order valence-corrected chi connectivity index (χ1v) is 5.09. The van der Waals surface area contributed by atoms with Crippen LogP contribution in [-0.2, 0) is 6.67 Å². The lowest BCUT2D eigenvalue weighted by molar-refractivity contribution is 0.271. The summed E-state index contributed by atoms with van der Waals surface area (Å²) < 4.78 is 23.1. The summed E-state index contributed by atoms with van der Waals surface area (Å²) in [6.45, 7) is 1.23. The summed E-state index contributed by atoms with van der Waals surface area (Å²) >= 11 is 0. The standard InChI is InChI=1S/C12H17FO3/c1-8(7-14)10-5-12(16-3)11(15-2)4-9(10)6-13/h4-5,8,14H,6-7H2,1-3H3. The average molecular weight is 228 g/mol. The van der Waals surface area contributed by atoms with Crippen molar-refractivity contribution in [2.45, 2.75) is 19.5 Å². The first-order valence-electron chi connectivity index (χ1n) is 5.09. The molecule has 1 aromatic rings. The quantitative estimate of drug-likeness (QED) is 0.840. The van der Waals surface area contributed by atoms with E-state index in [1.807, 2.05) is 6.92 Å². The maximum atomic E-state index is 12.9. The molecule has 1 rings (SSSR count). The van der Waals surface area contributed by atoms with Crippen molar-refractivity contribution < 1.29 is 19.0 Å². The van der Waals surface area contributed by atoms with E-state index in [4.69, 9.17) is 14.6 Å². The van der Waals surface area contributed by atoms with Crippen molar-refractivity contribution >= 4 is 0 Å². The van der Waals surface area contributed by atoms with Gasteiger partial charge in [0.05, 0.1) is 14.2 Å².